The van der Waals surface area contributed by atoms with Crippen LogP contribution in [-0.4, -0.2) is 29.9 Å². The molecule has 8 nitrogen and oxygen atoms in total. The van der Waals surface area contributed by atoms with Crippen LogP contribution in [0.25, 0.3) is 11.5 Å². The summed E-state index contributed by atoms with van der Waals surface area (Å²) in [5, 5.41) is 15.4. The van der Waals surface area contributed by atoms with Crippen LogP contribution in [0.2, 0.25) is 0 Å². The Kier molecular flexibility index (Phi) is 5.60. The number of aryl methyl sites for hydroxylation is 3. The van der Waals surface area contributed by atoms with Gasteiger partial charge in [-0.05, 0) is 37.5 Å². The van der Waals surface area contributed by atoms with Crippen molar-refractivity contribution in [2.75, 3.05) is 5.32 Å². The molecule has 1 aromatic carbocycles. The number of hydrogen-bond donors (Lipinski definition) is 1. The number of hydrogen-bond acceptors (Lipinski definition) is 7. The molecule has 29 heavy (non-hydrogen) atoms. The predicted molar refractivity (Wildman–Crippen MR) is 109 cm³/mol. The minimum absolute atomic E-state index is 0.0135. The molecule has 3 aromatic heterocycles. The molecule has 8 heteroatoms. The van der Waals surface area contributed by atoms with E-state index in [0.29, 0.717) is 11.7 Å². The van der Waals surface area contributed by atoms with E-state index in [1.165, 1.54) is 5.56 Å². The standard InChI is InChI=1S/C21H23N7O/c1-15(20-26-23-14-28(20)2)24-18-12-11-17(13-22-18)21-25-19(27-29-21)10-6-9-16-7-4-3-5-8-16/h3-5,7-8,11-15H,6,9-10H2,1-2H3,(H,22,24)/t15-/m1/s1. The summed E-state index contributed by atoms with van der Waals surface area (Å²) in [4.78, 5) is 8.94. The van der Waals surface area contributed by atoms with Crippen molar-refractivity contribution in [3.8, 4) is 11.5 Å². The summed E-state index contributed by atoms with van der Waals surface area (Å²) in [7, 11) is 1.91. The van der Waals surface area contributed by atoms with Gasteiger partial charge in [0.05, 0.1) is 11.6 Å². The quantitative estimate of drug-likeness (QED) is 0.492. The third kappa shape index (κ3) is 4.66. The van der Waals surface area contributed by atoms with E-state index in [1.54, 1.807) is 12.5 Å². The van der Waals surface area contributed by atoms with E-state index in [0.717, 1.165) is 36.5 Å². The number of nitrogens with zero attached hydrogens (tertiary/aromatic N) is 6. The summed E-state index contributed by atoms with van der Waals surface area (Å²) in [5.41, 5.74) is 2.11. The molecular weight excluding hydrogens is 366 g/mol. The second-order valence-electron chi connectivity index (χ2n) is 6.95. The smallest absolute Gasteiger partial charge is 0.259 e. The highest BCUT2D eigenvalue weighted by molar-refractivity contribution is 5.54. The normalized spacial score (nSPS) is 12.1. The van der Waals surface area contributed by atoms with Gasteiger partial charge in [0, 0.05) is 19.7 Å². The maximum atomic E-state index is 5.41. The van der Waals surface area contributed by atoms with Crippen LogP contribution in [0.3, 0.4) is 0 Å². The molecule has 148 valence electrons. The van der Waals surface area contributed by atoms with Crippen molar-refractivity contribution in [3.63, 3.8) is 0 Å². The molecule has 0 spiro atoms. The monoisotopic (exact) mass is 389 g/mol. The lowest BCUT2D eigenvalue weighted by Gasteiger charge is -2.13. The number of nitrogens with one attached hydrogen (secondary N) is 1. The van der Waals surface area contributed by atoms with Gasteiger partial charge < -0.3 is 14.4 Å². The molecule has 4 aromatic rings. The minimum atomic E-state index is -0.0135. The third-order valence-electron chi connectivity index (χ3n) is 4.69. The second-order valence-corrected chi connectivity index (χ2v) is 6.95. The number of aromatic nitrogens is 6. The van der Waals surface area contributed by atoms with Crippen molar-refractivity contribution in [2.24, 2.45) is 7.05 Å². The molecule has 0 amide bonds. The van der Waals surface area contributed by atoms with Crippen LogP contribution in [0.1, 0.15) is 36.6 Å². The average Bonchev–Trinajstić information content (AvgIpc) is 3.38. The summed E-state index contributed by atoms with van der Waals surface area (Å²) in [5.74, 6) is 2.79. The lowest BCUT2D eigenvalue weighted by Crippen LogP contribution is -2.12. The summed E-state index contributed by atoms with van der Waals surface area (Å²) in [6.45, 7) is 2.01. The summed E-state index contributed by atoms with van der Waals surface area (Å²) < 4.78 is 7.28. The summed E-state index contributed by atoms with van der Waals surface area (Å²) in [6.07, 6.45) is 6.16. The molecule has 0 aliphatic carbocycles. The first-order valence-corrected chi connectivity index (χ1v) is 9.62. The second kappa shape index (κ2) is 8.64. The maximum Gasteiger partial charge on any atom is 0.259 e. The first kappa shape index (κ1) is 18.8. The van der Waals surface area contributed by atoms with Crippen molar-refractivity contribution >= 4 is 5.82 Å². The van der Waals surface area contributed by atoms with Crippen LogP contribution in [-0.2, 0) is 19.9 Å². The van der Waals surface area contributed by atoms with Crippen LogP contribution in [0.4, 0.5) is 5.82 Å². The van der Waals surface area contributed by atoms with E-state index in [9.17, 15) is 0 Å². The van der Waals surface area contributed by atoms with Crippen molar-refractivity contribution in [3.05, 3.63) is 72.2 Å². The van der Waals surface area contributed by atoms with Crippen LogP contribution < -0.4 is 5.32 Å². The third-order valence-corrected chi connectivity index (χ3v) is 4.69. The molecule has 1 N–H and O–H groups in total. The Hall–Kier alpha value is -3.55. The number of benzene rings is 1. The van der Waals surface area contributed by atoms with Gasteiger partial charge in [-0.1, -0.05) is 35.5 Å². The van der Waals surface area contributed by atoms with Gasteiger partial charge in [0.1, 0.15) is 12.1 Å². The number of pyridine rings is 1. The summed E-state index contributed by atoms with van der Waals surface area (Å²) >= 11 is 0. The molecule has 3 heterocycles. The van der Waals surface area contributed by atoms with Gasteiger partial charge in [0.15, 0.2) is 11.6 Å². The van der Waals surface area contributed by atoms with Gasteiger partial charge >= 0.3 is 0 Å². The average molecular weight is 389 g/mol. The fraction of sp³-hybridized carbons (Fsp3) is 0.286. The zero-order chi connectivity index (χ0) is 20.1. The SMILES string of the molecule is C[C@@H](Nc1ccc(-c2nc(CCCc3ccccc3)no2)cn1)c1nncn1C. The summed E-state index contributed by atoms with van der Waals surface area (Å²) in [6, 6.07) is 14.2. The van der Waals surface area contributed by atoms with Gasteiger partial charge in [-0.2, -0.15) is 4.98 Å². The van der Waals surface area contributed by atoms with Crippen LogP contribution >= 0.6 is 0 Å². The molecule has 0 aliphatic rings. The number of anilines is 1. The Labute approximate surface area is 169 Å². The van der Waals surface area contributed by atoms with Gasteiger partial charge in [-0.3, -0.25) is 0 Å². The Morgan fingerprint density at radius 2 is 1.97 bits per heavy atom. The molecule has 0 bridgehead atoms. The highest BCUT2D eigenvalue weighted by Gasteiger charge is 2.13. The van der Waals surface area contributed by atoms with E-state index in [-0.39, 0.29) is 6.04 Å². The molecular formula is C21H23N7O. The molecule has 0 aliphatic heterocycles. The van der Waals surface area contributed by atoms with Crippen molar-refractivity contribution in [1.29, 1.82) is 0 Å². The van der Waals surface area contributed by atoms with Gasteiger partial charge in [0.25, 0.3) is 5.89 Å². The molecule has 4 rings (SSSR count). The van der Waals surface area contributed by atoms with E-state index < -0.39 is 0 Å². The van der Waals surface area contributed by atoms with E-state index >= 15 is 0 Å². The van der Waals surface area contributed by atoms with E-state index in [4.69, 9.17) is 4.52 Å². The van der Waals surface area contributed by atoms with E-state index in [2.05, 4.69) is 54.9 Å². The van der Waals surface area contributed by atoms with E-state index in [1.807, 2.05) is 36.7 Å². The Bertz CT molecular complexity index is 1040. The highest BCUT2D eigenvalue weighted by atomic mass is 16.5. The Balaban J connectivity index is 1.34. The van der Waals surface area contributed by atoms with Crippen LogP contribution in [0.5, 0.6) is 0 Å². The number of rotatable bonds is 8. The van der Waals surface area contributed by atoms with Crippen molar-refractivity contribution < 1.29 is 4.52 Å². The molecule has 0 radical (unpaired) electrons. The maximum absolute atomic E-state index is 5.41. The van der Waals surface area contributed by atoms with Gasteiger partial charge in [-0.15, -0.1) is 10.2 Å². The van der Waals surface area contributed by atoms with Gasteiger partial charge in [0.2, 0.25) is 0 Å². The first-order chi connectivity index (χ1) is 14.2. The fourth-order valence-electron chi connectivity index (χ4n) is 3.14. The van der Waals surface area contributed by atoms with Crippen LogP contribution in [0.15, 0.2) is 59.5 Å². The zero-order valence-corrected chi connectivity index (χ0v) is 16.5. The highest BCUT2D eigenvalue weighted by Crippen LogP contribution is 2.20. The Morgan fingerprint density at radius 3 is 2.69 bits per heavy atom. The fourth-order valence-corrected chi connectivity index (χ4v) is 3.14. The predicted octanol–water partition coefficient (Wildman–Crippen LogP) is 3.61. The molecule has 0 saturated heterocycles. The molecule has 0 saturated carbocycles. The van der Waals surface area contributed by atoms with Crippen LogP contribution in [0, 0.1) is 0 Å². The molecule has 1 atom stereocenters. The molecule has 0 unspecified atom stereocenters. The first-order valence-electron chi connectivity index (χ1n) is 9.62. The topological polar surface area (TPSA) is 94.6 Å². The van der Waals surface area contributed by atoms with Crippen molar-refractivity contribution in [1.82, 2.24) is 29.9 Å². The zero-order valence-electron chi connectivity index (χ0n) is 16.5. The molecule has 0 fully saturated rings. The van der Waals surface area contributed by atoms with Crippen molar-refractivity contribution in [2.45, 2.75) is 32.2 Å². The van der Waals surface area contributed by atoms with Gasteiger partial charge in [-0.25, -0.2) is 4.98 Å². The lowest BCUT2D eigenvalue weighted by molar-refractivity contribution is 0.421. The largest absolute Gasteiger partial charge is 0.360 e. The minimum Gasteiger partial charge on any atom is -0.360 e. The Morgan fingerprint density at radius 1 is 1.10 bits per heavy atom. The lowest BCUT2D eigenvalue weighted by atomic mass is 10.1.